The lowest BCUT2D eigenvalue weighted by atomic mass is 10.3. The third kappa shape index (κ3) is 3.83. The van der Waals surface area contributed by atoms with Crippen molar-refractivity contribution in [2.75, 3.05) is 20.3 Å². The van der Waals surface area contributed by atoms with E-state index in [0.717, 1.165) is 0 Å². The van der Waals surface area contributed by atoms with Gasteiger partial charge in [-0.25, -0.2) is 8.42 Å². The molecule has 1 rings (SSSR count). The van der Waals surface area contributed by atoms with E-state index < -0.39 is 9.05 Å². The highest BCUT2D eigenvalue weighted by Gasteiger charge is 2.12. The summed E-state index contributed by atoms with van der Waals surface area (Å²) in [5.74, 6) is 0.391. The van der Waals surface area contributed by atoms with Gasteiger partial charge in [0.05, 0.1) is 16.5 Å². The van der Waals surface area contributed by atoms with E-state index in [0.29, 0.717) is 19.0 Å². The summed E-state index contributed by atoms with van der Waals surface area (Å²) in [5.41, 5.74) is 0. The standard InChI is InChI=1S/C9H10Cl2O4S/c1-14-4-5-15-9-3-2-7(6-8(9)10)16(11,12)13/h2-3,6H,4-5H2,1H3. The van der Waals surface area contributed by atoms with Gasteiger partial charge in [0.1, 0.15) is 12.4 Å². The van der Waals surface area contributed by atoms with E-state index in [-0.39, 0.29) is 9.92 Å². The monoisotopic (exact) mass is 284 g/mol. The number of rotatable bonds is 5. The summed E-state index contributed by atoms with van der Waals surface area (Å²) < 4.78 is 32.1. The largest absolute Gasteiger partial charge is 0.490 e. The Bertz CT molecular complexity index is 459. The molecule has 4 nitrogen and oxygen atoms in total. The fourth-order valence-corrected chi connectivity index (χ4v) is 2.06. The summed E-state index contributed by atoms with van der Waals surface area (Å²) in [6, 6.07) is 4.02. The summed E-state index contributed by atoms with van der Waals surface area (Å²) in [6.45, 7) is 0.759. The molecule has 0 saturated heterocycles. The second-order valence-electron chi connectivity index (χ2n) is 2.87. The van der Waals surface area contributed by atoms with E-state index in [1.165, 1.54) is 18.2 Å². The molecule has 1 aromatic carbocycles. The lowest BCUT2D eigenvalue weighted by molar-refractivity contribution is 0.146. The minimum Gasteiger partial charge on any atom is -0.490 e. The zero-order chi connectivity index (χ0) is 12.2. The van der Waals surface area contributed by atoms with Gasteiger partial charge in [-0.2, -0.15) is 0 Å². The molecule has 0 aromatic heterocycles. The molecule has 0 amide bonds. The first-order valence-electron chi connectivity index (χ1n) is 4.31. The van der Waals surface area contributed by atoms with Gasteiger partial charge in [0, 0.05) is 17.8 Å². The Hall–Kier alpha value is -0.490. The number of halogens is 2. The third-order valence-electron chi connectivity index (χ3n) is 1.73. The van der Waals surface area contributed by atoms with E-state index in [9.17, 15) is 8.42 Å². The fraction of sp³-hybridized carbons (Fsp3) is 0.333. The molecule has 0 bridgehead atoms. The van der Waals surface area contributed by atoms with Crippen LogP contribution in [0.1, 0.15) is 0 Å². The van der Waals surface area contributed by atoms with Crippen molar-refractivity contribution in [2.24, 2.45) is 0 Å². The van der Waals surface area contributed by atoms with Gasteiger partial charge in [-0.1, -0.05) is 11.6 Å². The number of hydrogen-bond donors (Lipinski definition) is 0. The molecule has 16 heavy (non-hydrogen) atoms. The molecule has 0 spiro atoms. The maximum atomic E-state index is 11.0. The van der Waals surface area contributed by atoms with Crippen molar-refractivity contribution >= 4 is 31.3 Å². The summed E-state index contributed by atoms with van der Waals surface area (Å²) in [5, 5.41) is 0.192. The Kier molecular flexibility index (Phi) is 4.86. The molecule has 0 N–H and O–H groups in total. The summed E-state index contributed by atoms with van der Waals surface area (Å²) in [6.07, 6.45) is 0. The topological polar surface area (TPSA) is 52.6 Å². The zero-order valence-corrected chi connectivity index (χ0v) is 10.8. The predicted octanol–water partition coefficient (Wildman–Crippen LogP) is 2.29. The number of hydrogen-bond acceptors (Lipinski definition) is 4. The highest BCUT2D eigenvalue weighted by molar-refractivity contribution is 8.13. The molecular formula is C9H10Cl2O4S. The van der Waals surface area contributed by atoms with Gasteiger partial charge >= 0.3 is 0 Å². The van der Waals surface area contributed by atoms with Crippen LogP contribution in [0.4, 0.5) is 0 Å². The van der Waals surface area contributed by atoms with Crippen molar-refractivity contribution in [3.63, 3.8) is 0 Å². The van der Waals surface area contributed by atoms with Gasteiger partial charge in [0.2, 0.25) is 0 Å². The van der Waals surface area contributed by atoms with Crippen molar-refractivity contribution in [3.05, 3.63) is 23.2 Å². The van der Waals surface area contributed by atoms with Gasteiger partial charge in [0.15, 0.2) is 0 Å². The van der Waals surface area contributed by atoms with Crippen LogP contribution in [0.5, 0.6) is 5.75 Å². The van der Waals surface area contributed by atoms with Crippen LogP contribution >= 0.6 is 22.3 Å². The molecule has 0 aliphatic carbocycles. The number of ether oxygens (including phenoxy) is 2. The van der Waals surface area contributed by atoms with Crippen molar-refractivity contribution < 1.29 is 17.9 Å². The highest BCUT2D eigenvalue weighted by atomic mass is 35.7. The smallest absolute Gasteiger partial charge is 0.261 e. The maximum absolute atomic E-state index is 11.0. The normalized spacial score (nSPS) is 11.4. The molecule has 90 valence electrons. The van der Waals surface area contributed by atoms with Crippen molar-refractivity contribution in [1.82, 2.24) is 0 Å². The molecule has 0 aliphatic rings. The van der Waals surface area contributed by atoms with Gasteiger partial charge in [0.25, 0.3) is 9.05 Å². The Morgan fingerprint density at radius 1 is 1.31 bits per heavy atom. The quantitative estimate of drug-likeness (QED) is 0.615. The fourth-order valence-electron chi connectivity index (χ4n) is 0.985. The van der Waals surface area contributed by atoms with Crippen LogP contribution in [0, 0.1) is 0 Å². The lowest BCUT2D eigenvalue weighted by Gasteiger charge is -2.07. The second kappa shape index (κ2) is 5.72. The van der Waals surface area contributed by atoms with Crippen LogP contribution in [0.2, 0.25) is 5.02 Å². The Balaban J connectivity index is 2.84. The molecular weight excluding hydrogens is 275 g/mol. The first kappa shape index (κ1) is 13.6. The Morgan fingerprint density at radius 3 is 2.50 bits per heavy atom. The van der Waals surface area contributed by atoms with E-state index in [2.05, 4.69) is 0 Å². The highest BCUT2D eigenvalue weighted by Crippen LogP contribution is 2.28. The van der Waals surface area contributed by atoms with Crippen molar-refractivity contribution in [3.8, 4) is 5.75 Å². The van der Waals surface area contributed by atoms with Crippen LogP contribution in [0.3, 0.4) is 0 Å². The van der Waals surface area contributed by atoms with Crippen LogP contribution < -0.4 is 4.74 Å². The van der Waals surface area contributed by atoms with Gasteiger partial charge in [-0.15, -0.1) is 0 Å². The zero-order valence-electron chi connectivity index (χ0n) is 8.44. The Labute approximate surface area is 103 Å². The van der Waals surface area contributed by atoms with Crippen molar-refractivity contribution in [1.29, 1.82) is 0 Å². The summed E-state index contributed by atoms with van der Waals surface area (Å²) in [7, 11) is 2.95. The van der Waals surface area contributed by atoms with Crippen LogP contribution in [0.15, 0.2) is 23.1 Å². The third-order valence-corrected chi connectivity index (χ3v) is 3.38. The average Bonchev–Trinajstić information content (AvgIpc) is 2.19. The van der Waals surface area contributed by atoms with E-state index in [1.54, 1.807) is 7.11 Å². The molecule has 0 unspecified atom stereocenters. The molecule has 0 saturated carbocycles. The minimum absolute atomic E-state index is 0.0572. The molecule has 0 aliphatic heterocycles. The van der Waals surface area contributed by atoms with Crippen molar-refractivity contribution in [2.45, 2.75) is 4.90 Å². The number of benzene rings is 1. The predicted molar refractivity (Wildman–Crippen MR) is 61.9 cm³/mol. The average molecular weight is 285 g/mol. The first-order valence-corrected chi connectivity index (χ1v) is 7.00. The minimum atomic E-state index is -3.76. The molecule has 1 aromatic rings. The van der Waals surface area contributed by atoms with Gasteiger partial charge in [-0.05, 0) is 18.2 Å². The maximum Gasteiger partial charge on any atom is 0.261 e. The lowest BCUT2D eigenvalue weighted by Crippen LogP contribution is -2.04. The van der Waals surface area contributed by atoms with E-state index in [1.807, 2.05) is 0 Å². The molecule has 0 radical (unpaired) electrons. The molecule has 0 heterocycles. The van der Waals surface area contributed by atoms with Gasteiger partial charge in [-0.3, -0.25) is 0 Å². The molecule has 0 atom stereocenters. The van der Waals surface area contributed by atoms with E-state index >= 15 is 0 Å². The van der Waals surface area contributed by atoms with Gasteiger partial charge < -0.3 is 9.47 Å². The summed E-state index contributed by atoms with van der Waals surface area (Å²) in [4.78, 5) is -0.0572. The SMILES string of the molecule is COCCOc1ccc(S(=O)(=O)Cl)cc1Cl. The molecule has 0 fully saturated rings. The second-order valence-corrected chi connectivity index (χ2v) is 5.84. The first-order chi connectivity index (χ1) is 7.45. The van der Waals surface area contributed by atoms with Crippen LogP contribution in [-0.2, 0) is 13.8 Å². The van der Waals surface area contributed by atoms with E-state index in [4.69, 9.17) is 31.8 Å². The van der Waals surface area contributed by atoms with Crippen LogP contribution in [0.25, 0.3) is 0 Å². The number of methoxy groups -OCH3 is 1. The van der Waals surface area contributed by atoms with Crippen LogP contribution in [-0.4, -0.2) is 28.7 Å². The Morgan fingerprint density at radius 2 is 2.00 bits per heavy atom. The molecule has 7 heteroatoms. The summed E-state index contributed by atoms with van der Waals surface area (Å²) >= 11 is 5.83.